The van der Waals surface area contributed by atoms with Crippen molar-refractivity contribution in [1.82, 2.24) is 33.9 Å². The second-order valence-corrected chi connectivity index (χ2v) is 6.29. The van der Waals surface area contributed by atoms with Crippen LogP contribution in [0.4, 0.5) is 0 Å². The van der Waals surface area contributed by atoms with E-state index in [1.807, 2.05) is 59.8 Å². The van der Waals surface area contributed by atoms with Gasteiger partial charge >= 0.3 is 0 Å². The maximum atomic E-state index is 5.43. The van der Waals surface area contributed by atoms with Gasteiger partial charge in [-0.25, -0.2) is 19.2 Å². The monoisotopic (exact) mass is 371 g/mol. The van der Waals surface area contributed by atoms with Gasteiger partial charge < -0.3 is 9.30 Å². The maximum Gasteiger partial charge on any atom is 0.165 e. The van der Waals surface area contributed by atoms with Crippen molar-refractivity contribution in [2.75, 3.05) is 7.11 Å². The van der Waals surface area contributed by atoms with Crippen molar-refractivity contribution in [2.45, 2.75) is 6.54 Å². The van der Waals surface area contributed by atoms with Crippen LogP contribution >= 0.6 is 0 Å². The third kappa shape index (κ3) is 2.71. The van der Waals surface area contributed by atoms with E-state index >= 15 is 0 Å². The third-order valence-electron chi connectivity index (χ3n) is 4.56. The summed E-state index contributed by atoms with van der Waals surface area (Å²) >= 11 is 0. The molecule has 0 unspecified atom stereocenters. The van der Waals surface area contributed by atoms with Gasteiger partial charge in [-0.1, -0.05) is 12.1 Å². The Kier molecular flexibility index (Phi) is 3.86. The average Bonchev–Trinajstić information content (AvgIpc) is 3.47. The highest BCUT2D eigenvalue weighted by Gasteiger charge is 2.14. The van der Waals surface area contributed by atoms with Crippen LogP contribution in [0.1, 0.15) is 5.56 Å². The zero-order chi connectivity index (χ0) is 18.9. The summed E-state index contributed by atoms with van der Waals surface area (Å²) in [7, 11) is 1.66. The molecule has 0 aliphatic carbocycles. The van der Waals surface area contributed by atoms with Gasteiger partial charge in [-0.05, 0) is 18.2 Å². The summed E-state index contributed by atoms with van der Waals surface area (Å²) in [6.07, 6.45) is 13.0. The molecule has 138 valence electrons. The van der Waals surface area contributed by atoms with Gasteiger partial charge in [0.05, 0.1) is 31.6 Å². The van der Waals surface area contributed by atoms with E-state index in [0.29, 0.717) is 6.54 Å². The van der Waals surface area contributed by atoms with Crippen molar-refractivity contribution < 1.29 is 4.74 Å². The van der Waals surface area contributed by atoms with Gasteiger partial charge in [-0.15, -0.1) is 0 Å². The van der Waals surface area contributed by atoms with Crippen LogP contribution in [-0.2, 0) is 6.54 Å². The predicted molar refractivity (Wildman–Crippen MR) is 103 cm³/mol. The number of hydrogen-bond acceptors (Lipinski definition) is 5. The number of imidazole rings is 1. The molecule has 0 saturated carbocycles. The summed E-state index contributed by atoms with van der Waals surface area (Å²) in [5, 5.41) is 8.85. The van der Waals surface area contributed by atoms with Crippen LogP contribution in [0.2, 0.25) is 0 Å². The Bertz CT molecular complexity index is 1250. The normalized spacial score (nSPS) is 11.2. The summed E-state index contributed by atoms with van der Waals surface area (Å²) in [5.41, 5.74) is 3.62. The summed E-state index contributed by atoms with van der Waals surface area (Å²) in [6, 6.07) is 9.65. The van der Waals surface area contributed by atoms with E-state index in [1.54, 1.807) is 30.2 Å². The van der Waals surface area contributed by atoms with Crippen molar-refractivity contribution in [2.24, 2.45) is 0 Å². The van der Waals surface area contributed by atoms with Gasteiger partial charge in [-0.2, -0.15) is 10.2 Å². The number of ether oxygens (including phenoxy) is 1. The van der Waals surface area contributed by atoms with Crippen LogP contribution < -0.4 is 4.74 Å². The first-order valence-corrected chi connectivity index (χ1v) is 8.80. The molecule has 5 rings (SSSR count). The molecule has 0 saturated heterocycles. The van der Waals surface area contributed by atoms with Gasteiger partial charge in [0.15, 0.2) is 5.65 Å². The molecule has 0 radical (unpaired) electrons. The molecule has 8 nitrogen and oxygen atoms in total. The van der Waals surface area contributed by atoms with E-state index in [1.165, 1.54) is 0 Å². The van der Waals surface area contributed by atoms with E-state index in [-0.39, 0.29) is 0 Å². The summed E-state index contributed by atoms with van der Waals surface area (Å²) in [4.78, 5) is 8.94. The summed E-state index contributed by atoms with van der Waals surface area (Å²) < 4.78 is 11.1. The maximum absolute atomic E-state index is 5.43. The van der Waals surface area contributed by atoms with Crippen LogP contribution in [0.3, 0.4) is 0 Å². The zero-order valence-corrected chi connectivity index (χ0v) is 15.2. The third-order valence-corrected chi connectivity index (χ3v) is 4.56. The molecule has 28 heavy (non-hydrogen) atoms. The number of aromatic nitrogens is 7. The molecule has 0 aliphatic rings. The lowest BCUT2D eigenvalue weighted by Crippen LogP contribution is -2.01. The van der Waals surface area contributed by atoms with E-state index < -0.39 is 0 Å². The number of benzene rings is 1. The van der Waals surface area contributed by atoms with Gasteiger partial charge in [0.25, 0.3) is 0 Å². The number of para-hydroxylation sites is 2. The molecule has 5 aromatic rings. The molecule has 0 bridgehead atoms. The molecule has 1 aromatic carbocycles. The molecular weight excluding hydrogens is 354 g/mol. The minimum absolute atomic E-state index is 0.634. The van der Waals surface area contributed by atoms with Crippen molar-refractivity contribution in [3.05, 3.63) is 79.3 Å². The first kappa shape index (κ1) is 16.2. The van der Waals surface area contributed by atoms with E-state index in [9.17, 15) is 0 Å². The number of fused-ring (bicyclic) bond motifs is 1. The number of rotatable bonds is 5. The molecular formula is C20H17N7O. The van der Waals surface area contributed by atoms with Crippen LogP contribution in [0, 0.1) is 0 Å². The minimum Gasteiger partial charge on any atom is -0.494 e. The molecule has 4 heterocycles. The van der Waals surface area contributed by atoms with Crippen molar-refractivity contribution in [3.8, 4) is 22.8 Å². The Morgan fingerprint density at radius 3 is 2.82 bits per heavy atom. The molecule has 8 heteroatoms. The summed E-state index contributed by atoms with van der Waals surface area (Å²) in [5.74, 6) is 1.59. The summed E-state index contributed by atoms with van der Waals surface area (Å²) in [6.45, 7) is 0.634. The van der Waals surface area contributed by atoms with Crippen LogP contribution in [0.15, 0.2) is 73.7 Å². The highest BCUT2D eigenvalue weighted by molar-refractivity contribution is 5.72. The van der Waals surface area contributed by atoms with Gasteiger partial charge in [0.1, 0.15) is 17.3 Å². The molecule has 0 N–H and O–H groups in total. The lowest BCUT2D eigenvalue weighted by Gasteiger charge is -2.07. The Labute approximate surface area is 160 Å². The quantitative estimate of drug-likeness (QED) is 0.475. The predicted octanol–water partition coefficient (Wildman–Crippen LogP) is 2.84. The SMILES string of the molecule is COc1ccccc1-n1cc(Cn2ccnc2-c2cnn3cccnc23)cn1. The number of hydrogen-bond donors (Lipinski definition) is 0. The largest absolute Gasteiger partial charge is 0.494 e. The number of methoxy groups -OCH3 is 1. The Morgan fingerprint density at radius 1 is 0.964 bits per heavy atom. The molecule has 0 fully saturated rings. The number of nitrogens with zero attached hydrogens (tertiary/aromatic N) is 7. The fourth-order valence-electron chi connectivity index (χ4n) is 3.26. The molecule has 4 aromatic heterocycles. The second kappa shape index (κ2) is 6.66. The van der Waals surface area contributed by atoms with Crippen molar-refractivity contribution >= 4 is 5.65 Å². The van der Waals surface area contributed by atoms with Crippen molar-refractivity contribution in [1.29, 1.82) is 0 Å². The van der Waals surface area contributed by atoms with Gasteiger partial charge in [-0.3, -0.25) is 0 Å². The van der Waals surface area contributed by atoms with E-state index in [2.05, 4.69) is 24.7 Å². The van der Waals surface area contributed by atoms with Crippen LogP contribution in [0.25, 0.3) is 22.7 Å². The van der Waals surface area contributed by atoms with E-state index in [4.69, 9.17) is 4.74 Å². The van der Waals surface area contributed by atoms with Gasteiger partial charge in [0.2, 0.25) is 0 Å². The molecule has 0 aliphatic heterocycles. The van der Waals surface area contributed by atoms with Crippen molar-refractivity contribution in [3.63, 3.8) is 0 Å². The van der Waals surface area contributed by atoms with Crippen LogP contribution in [-0.4, -0.2) is 41.0 Å². The first-order valence-electron chi connectivity index (χ1n) is 8.80. The second-order valence-electron chi connectivity index (χ2n) is 6.29. The Hall–Kier alpha value is -3.94. The van der Waals surface area contributed by atoms with Crippen LogP contribution in [0.5, 0.6) is 5.75 Å². The topological polar surface area (TPSA) is 75.1 Å². The fourth-order valence-corrected chi connectivity index (χ4v) is 3.26. The minimum atomic E-state index is 0.634. The Morgan fingerprint density at radius 2 is 1.89 bits per heavy atom. The molecule has 0 atom stereocenters. The first-order chi connectivity index (χ1) is 13.8. The standard InChI is InChI=1S/C20H17N7O/c1-28-18-6-3-2-5-17(18)27-14-15(11-23-27)13-25-10-8-22-19(25)16-12-24-26-9-4-7-21-20(16)26/h2-12,14H,13H2,1H3. The highest BCUT2D eigenvalue weighted by atomic mass is 16.5. The fraction of sp³-hybridized carbons (Fsp3) is 0.100. The average molecular weight is 371 g/mol. The smallest absolute Gasteiger partial charge is 0.165 e. The highest BCUT2D eigenvalue weighted by Crippen LogP contribution is 2.24. The zero-order valence-electron chi connectivity index (χ0n) is 15.2. The lowest BCUT2D eigenvalue weighted by atomic mass is 10.3. The molecule has 0 spiro atoms. The lowest BCUT2D eigenvalue weighted by molar-refractivity contribution is 0.411. The van der Waals surface area contributed by atoms with E-state index in [0.717, 1.165) is 34.0 Å². The molecule has 0 amide bonds. The van der Waals surface area contributed by atoms with Gasteiger partial charge in [0, 0.05) is 36.5 Å². The Balaban J connectivity index is 1.48.